The van der Waals surface area contributed by atoms with Crippen LogP contribution in [0.25, 0.3) is 11.5 Å². The van der Waals surface area contributed by atoms with Crippen LogP contribution >= 0.6 is 11.3 Å². The van der Waals surface area contributed by atoms with Gasteiger partial charge in [-0.15, -0.1) is 11.3 Å². The van der Waals surface area contributed by atoms with Gasteiger partial charge in [0.1, 0.15) is 11.5 Å². The lowest BCUT2D eigenvalue weighted by Crippen LogP contribution is -2.12. The van der Waals surface area contributed by atoms with Gasteiger partial charge in [0.2, 0.25) is 0 Å². The Labute approximate surface area is 202 Å². The lowest BCUT2D eigenvalue weighted by molar-refractivity contribution is 0.0968. The number of ketones is 1. The van der Waals surface area contributed by atoms with Gasteiger partial charge in [-0.2, -0.15) is 0 Å². The number of nitrogens with one attached hydrogen (secondary N) is 1. The maximum atomic E-state index is 12.6. The average Bonchev–Trinajstić information content (AvgIpc) is 3.52. The number of aromatic nitrogens is 5. The monoisotopic (exact) mass is 470 g/mol. The van der Waals surface area contributed by atoms with Crippen LogP contribution in [0.1, 0.15) is 51.0 Å². The van der Waals surface area contributed by atoms with Gasteiger partial charge in [-0.05, 0) is 73.6 Å². The Bertz CT molecular complexity index is 1300. The molecule has 0 unspecified atom stereocenters. The van der Waals surface area contributed by atoms with Crippen LogP contribution in [0.2, 0.25) is 0 Å². The Morgan fingerprint density at radius 1 is 1.06 bits per heavy atom. The zero-order valence-corrected chi connectivity index (χ0v) is 19.9. The summed E-state index contributed by atoms with van der Waals surface area (Å²) in [6.45, 7) is 3.91. The molecule has 1 saturated heterocycles. The molecule has 7 nitrogen and oxygen atoms in total. The quantitative estimate of drug-likeness (QED) is 0.388. The van der Waals surface area contributed by atoms with Crippen molar-refractivity contribution in [2.45, 2.75) is 32.6 Å². The van der Waals surface area contributed by atoms with Crippen molar-refractivity contribution in [3.63, 3.8) is 0 Å². The first kappa shape index (κ1) is 22.4. The van der Waals surface area contributed by atoms with E-state index in [1.54, 1.807) is 12.4 Å². The van der Waals surface area contributed by atoms with Gasteiger partial charge in [-0.1, -0.05) is 6.07 Å². The molecule has 0 bridgehead atoms. The highest BCUT2D eigenvalue weighted by Crippen LogP contribution is 2.22. The van der Waals surface area contributed by atoms with E-state index < -0.39 is 0 Å². The van der Waals surface area contributed by atoms with Crippen LogP contribution in [0.3, 0.4) is 0 Å². The number of carbonyl (C=O) groups excluding carboxylic acids is 1. The summed E-state index contributed by atoms with van der Waals surface area (Å²) in [6, 6.07) is 11.6. The van der Waals surface area contributed by atoms with Crippen molar-refractivity contribution in [3.05, 3.63) is 87.5 Å². The molecule has 4 aromatic rings. The molecule has 1 fully saturated rings. The molecule has 1 atom stereocenters. The lowest BCUT2D eigenvalue weighted by atomic mass is 10.0. The lowest BCUT2D eigenvalue weighted by Gasteiger charge is -2.06. The van der Waals surface area contributed by atoms with Gasteiger partial charge in [0.15, 0.2) is 11.6 Å². The van der Waals surface area contributed by atoms with Crippen LogP contribution in [0.5, 0.6) is 0 Å². The smallest absolute Gasteiger partial charge is 0.178 e. The molecule has 1 aliphatic heterocycles. The summed E-state index contributed by atoms with van der Waals surface area (Å²) < 4.78 is 0. The van der Waals surface area contributed by atoms with Gasteiger partial charge in [-0.3, -0.25) is 4.79 Å². The number of thiophene rings is 1. The van der Waals surface area contributed by atoms with Gasteiger partial charge >= 0.3 is 0 Å². The first-order valence-corrected chi connectivity index (χ1v) is 12.4. The molecule has 1 N–H and O–H groups in total. The molecule has 1 aliphatic rings. The Kier molecular flexibility index (Phi) is 6.78. The summed E-state index contributed by atoms with van der Waals surface area (Å²) in [5.41, 5.74) is 4.54. The van der Waals surface area contributed by atoms with E-state index in [0.29, 0.717) is 31.0 Å². The minimum atomic E-state index is 0.238. The third-order valence-electron chi connectivity index (χ3n) is 5.88. The van der Waals surface area contributed by atoms with E-state index in [9.17, 15) is 4.79 Å². The second-order valence-electron chi connectivity index (χ2n) is 8.66. The fraction of sp³-hybridized carbons (Fsp3) is 0.308. The van der Waals surface area contributed by atoms with Crippen molar-refractivity contribution < 1.29 is 4.79 Å². The highest BCUT2D eigenvalue weighted by Gasteiger charge is 2.20. The summed E-state index contributed by atoms with van der Waals surface area (Å²) >= 11 is 1.52. The Hall–Kier alpha value is -3.36. The van der Waals surface area contributed by atoms with Gasteiger partial charge in [-0.25, -0.2) is 24.9 Å². The molecule has 4 aromatic heterocycles. The summed E-state index contributed by atoms with van der Waals surface area (Å²) in [5, 5.41) is 5.37. The van der Waals surface area contributed by atoms with Crippen molar-refractivity contribution >= 4 is 17.1 Å². The molecule has 0 aromatic carbocycles. The SMILES string of the molecule is Cc1cccc(-c2nccc(Cc3ccnc(Cc4csc(C(=O)C[C@@H]5CCNC5)c4)n3)n2)n1. The maximum absolute atomic E-state index is 12.6. The van der Waals surface area contributed by atoms with Crippen LogP contribution < -0.4 is 5.32 Å². The molecule has 0 aliphatic carbocycles. The Morgan fingerprint density at radius 3 is 2.74 bits per heavy atom. The standard InChI is InChI=1S/C26H26N6OS/c1-17-3-2-4-22(30-17)26-29-10-7-21(32-26)14-20-6-9-28-25(31-20)13-19-12-24(34-16-19)23(33)11-18-5-8-27-15-18/h2-4,6-7,9-10,12,16,18,27H,5,8,11,13-15H2,1H3/t18-/m0/s1. The molecule has 0 amide bonds. The molecule has 5 heterocycles. The second-order valence-corrected chi connectivity index (χ2v) is 9.57. The third kappa shape index (κ3) is 5.58. The number of aryl methyl sites for hydroxylation is 1. The Balaban J connectivity index is 1.25. The minimum absolute atomic E-state index is 0.238. The van der Waals surface area contributed by atoms with Crippen molar-refractivity contribution in [1.82, 2.24) is 30.2 Å². The van der Waals surface area contributed by atoms with E-state index in [1.807, 2.05) is 48.7 Å². The molecule has 172 valence electrons. The van der Waals surface area contributed by atoms with Crippen LogP contribution in [0, 0.1) is 12.8 Å². The molecular formula is C26H26N6OS. The number of hydrogen-bond acceptors (Lipinski definition) is 8. The number of Topliss-reactive ketones (excluding diaryl/α,β-unsaturated/α-hetero) is 1. The molecule has 5 rings (SSSR count). The molecular weight excluding hydrogens is 444 g/mol. The topological polar surface area (TPSA) is 93.6 Å². The Morgan fingerprint density at radius 2 is 1.91 bits per heavy atom. The van der Waals surface area contributed by atoms with Crippen molar-refractivity contribution in [2.75, 3.05) is 13.1 Å². The first-order valence-electron chi connectivity index (χ1n) is 11.5. The number of rotatable bonds is 8. The normalized spacial score (nSPS) is 15.5. The van der Waals surface area contributed by atoms with E-state index in [-0.39, 0.29) is 5.78 Å². The number of carbonyl (C=O) groups is 1. The van der Waals surface area contributed by atoms with E-state index in [4.69, 9.17) is 4.98 Å². The van der Waals surface area contributed by atoms with Crippen molar-refractivity contribution in [2.24, 2.45) is 5.92 Å². The molecule has 34 heavy (non-hydrogen) atoms. The predicted octanol–water partition coefficient (Wildman–Crippen LogP) is 4.06. The molecule has 0 radical (unpaired) electrons. The minimum Gasteiger partial charge on any atom is -0.316 e. The highest BCUT2D eigenvalue weighted by atomic mass is 32.1. The van der Waals surface area contributed by atoms with Crippen LogP contribution in [-0.4, -0.2) is 43.8 Å². The van der Waals surface area contributed by atoms with Gasteiger partial charge < -0.3 is 5.32 Å². The van der Waals surface area contributed by atoms with Crippen LogP contribution in [0.4, 0.5) is 0 Å². The fourth-order valence-corrected chi connectivity index (χ4v) is 5.01. The highest BCUT2D eigenvalue weighted by molar-refractivity contribution is 7.12. The number of hydrogen-bond donors (Lipinski definition) is 1. The summed E-state index contributed by atoms with van der Waals surface area (Å²) in [7, 11) is 0. The number of nitrogens with zero attached hydrogens (tertiary/aromatic N) is 5. The van der Waals surface area contributed by atoms with E-state index >= 15 is 0 Å². The second kappa shape index (κ2) is 10.3. The fourth-order valence-electron chi connectivity index (χ4n) is 4.14. The largest absolute Gasteiger partial charge is 0.316 e. The zero-order chi connectivity index (χ0) is 23.3. The zero-order valence-electron chi connectivity index (χ0n) is 19.1. The van der Waals surface area contributed by atoms with E-state index in [1.165, 1.54) is 11.3 Å². The first-order chi connectivity index (χ1) is 16.6. The third-order valence-corrected chi connectivity index (χ3v) is 6.90. The predicted molar refractivity (Wildman–Crippen MR) is 132 cm³/mol. The summed E-state index contributed by atoms with van der Waals surface area (Å²) in [5.74, 6) is 2.05. The van der Waals surface area contributed by atoms with Gasteiger partial charge in [0, 0.05) is 37.4 Å². The van der Waals surface area contributed by atoms with Gasteiger partial charge in [0.05, 0.1) is 16.3 Å². The summed E-state index contributed by atoms with van der Waals surface area (Å²) in [4.78, 5) is 36.2. The summed E-state index contributed by atoms with van der Waals surface area (Å²) in [6.07, 6.45) is 6.44. The molecule has 0 spiro atoms. The van der Waals surface area contributed by atoms with Crippen molar-refractivity contribution in [1.29, 1.82) is 0 Å². The van der Waals surface area contributed by atoms with Crippen molar-refractivity contribution in [3.8, 4) is 11.5 Å². The maximum Gasteiger partial charge on any atom is 0.178 e. The molecule has 0 saturated carbocycles. The average molecular weight is 471 g/mol. The molecule has 8 heteroatoms. The van der Waals surface area contributed by atoms with E-state index in [2.05, 4.69) is 25.3 Å². The van der Waals surface area contributed by atoms with Crippen LogP contribution in [-0.2, 0) is 12.8 Å². The number of pyridine rings is 1. The van der Waals surface area contributed by atoms with Gasteiger partial charge in [0.25, 0.3) is 0 Å². The van der Waals surface area contributed by atoms with Crippen LogP contribution in [0.15, 0.2) is 54.2 Å². The van der Waals surface area contributed by atoms with E-state index in [0.717, 1.165) is 58.6 Å².